The Labute approximate surface area is 129 Å². The van der Waals surface area contributed by atoms with Crippen molar-refractivity contribution in [3.8, 4) is 0 Å². The summed E-state index contributed by atoms with van der Waals surface area (Å²) in [7, 11) is 3.67. The number of hydrogen-bond donors (Lipinski definition) is 1. The second-order valence-corrected chi connectivity index (χ2v) is 6.77. The van der Waals surface area contributed by atoms with Gasteiger partial charge in [0, 0.05) is 19.1 Å². The Morgan fingerprint density at radius 2 is 2.19 bits per heavy atom. The van der Waals surface area contributed by atoms with Crippen LogP contribution in [0.5, 0.6) is 0 Å². The largest absolute Gasteiger partial charge is 0.491 e. The number of likely N-dealkylation sites (N-methyl/N-ethyl adjacent to an activating group) is 1. The molecule has 1 saturated carbocycles. The number of hydrogen-bond acceptors (Lipinski definition) is 3. The fraction of sp³-hybridized carbons (Fsp3) is 0.667. The summed E-state index contributed by atoms with van der Waals surface area (Å²) in [6.07, 6.45) is 9.28. The number of nitrogens with one attached hydrogen (secondary N) is 1. The zero-order valence-corrected chi connectivity index (χ0v) is 14.0. The lowest BCUT2D eigenvalue weighted by Crippen LogP contribution is -2.30. The highest BCUT2D eigenvalue weighted by molar-refractivity contribution is 5.46. The van der Waals surface area contributed by atoms with Gasteiger partial charge in [0.1, 0.15) is 18.5 Å². The van der Waals surface area contributed by atoms with Gasteiger partial charge in [0.25, 0.3) is 0 Å². The molecule has 0 bridgehead atoms. The second-order valence-electron chi connectivity index (χ2n) is 6.77. The Bertz CT molecular complexity index is 460. The molecule has 21 heavy (non-hydrogen) atoms. The van der Waals surface area contributed by atoms with Crippen molar-refractivity contribution >= 4 is 0 Å². The minimum Gasteiger partial charge on any atom is -0.491 e. The number of allylic oxidation sites excluding steroid dienone is 5. The summed E-state index contributed by atoms with van der Waals surface area (Å²) in [5, 5.41) is 3.14. The molecule has 0 spiro atoms. The van der Waals surface area contributed by atoms with E-state index in [9.17, 15) is 0 Å². The fourth-order valence-corrected chi connectivity index (χ4v) is 3.14. The van der Waals surface area contributed by atoms with Crippen molar-refractivity contribution in [2.75, 3.05) is 27.3 Å². The topological polar surface area (TPSA) is 30.5 Å². The quantitative estimate of drug-likeness (QED) is 0.813. The van der Waals surface area contributed by atoms with Gasteiger partial charge in [-0.2, -0.15) is 0 Å². The Morgan fingerprint density at radius 3 is 2.86 bits per heavy atom. The number of rotatable bonds is 6. The maximum Gasteiger partial charge on any atom is 0.122 e. The molecule has 2 rings (SSSR count). The predicted octanol–water partition coefficient (Wildman–Crippen LogP) is 3.44. The zero-order chi connectivity index (χ0) is 15.5. The molecule has 0 saturated heterocycles. The lowest BCUT2D eigenvalue weighted by molar-refractivity contribution is 0.0370. The monoisotopic (exact) mass is 291 g/mol. The van der Waals surface area contributed by atoms with Gasteiger partial charge in [0.15, 0.2) is 0 Å². The maximum absolute atomic E-state index is 6.13. The van der Waals surface area contributed by atoms with Crippen LogP contribution in [-0.4, -0.2) is 33.4 Å². The third kappa shape index (κ3) is 3.98. The first-order valence-corrected chi connectivity index (χ1v) is 7.92. The summed E-state index contributed by atoms with van der Waals surface area (Å²) in [5.41, 5.74) is 2.97. The Kier molecular flexibility index (Phi) is 5.28. The van der Waals surface area contributed by atoms with E-state index in [1.807, 2.05) is 7.05 Å². The van der Waals surface area contributed by atoms with Crippen molar-refractivity contribution in [3.05, 3.63) is 35.1 Å². The molecule has 2 unspecified atom stereocenters. The van der Waals surface area contributed by atoms with Gasteiger partial charge in [-0.1, -0.05) is 32.9 Å². The molecule has 0 aliphatic heterocycles. The van der Waals surface area contributed by atoms with E-state index in [1.54, 1.807) is 7.11 Å². The lowest BCUT2D eigenvalue weighted by Gasteiger charge is -2.18. The van der Waals surface area contributed by atoms with E-state index in [2.05, 4.69) is 44.3 Å². The zero-order valence-electron chi connectivity index (χ0n) is 14.0. The molecule has 2 atom stereocenters. The van der Waals surface area contributed by atoms with Crippen molar-refractivity contribution in [2.24, 2.45) is 11.3 Å². The van der Waals surface area contributed by atoms with Crippen LogP contribution in [0.15, 0.2) is 35.1 Å². The molecular weight excluding hydrogens is 262 g/mol. The van der Waals surface area contributed by atoms with Crippen molar-refractivity contribution in [3.63, 3.8) is 0 Å². The Morgan fingerprint density at radius 1 is 1.43 bits per heavy atom. The van der Waals surface area contributed by atoms with Crippen molar-refractivity contribution < 1.29 is 9.47 Å². The van der Waals surface area contributed by atoms with Gasteiger partial charge in [-0.15, -0.1) is 0 Å². The van der Waals surface area contributed by atoms with Gasteiger partial charge in [0.2, 0.25) is 0 Å². The molecule has 3 nitrogen and oxygen atoms in total. The normalized spacial score (nSPS) is 25.4. The summed E-state index contributed by atoms with van der Waals surface area (Å²) >= 11 is 0. The summed E-state index contributed by atoms with van der Waals surface area (Å²) in [5.74, 6) is 1.62. The molecule has 3 heteroatoms. The molecule has 0 heterocycles. The predicted molar refractivity (Wildman–Crippen MR) is 87.1 cm³/mol. The molecule has 2 aliphatic rings. The van der Waals surface area contributed by atoms with Gasteiger partial charge in [-0.25, -0.2) is 0 Å². The molecule has 118 valence electrons. The van der Waals surface area contributed by atoms with Gasteiger partial charge in [-0.05, 0) is 43.0 Å². The van der Waals surface area contributed by atoms with Crippen LogP contribution in [0.3, 0.4) is 0 Å². The van der Waals surface area contributed by atoms with Crippen LogP contribution >= 0.6 is 0 Å². The van der Waals surface area contributed by atoms with Gasteiger partial charge < -0.3 is 14.8 Å². The second kappa shape index (κ2) is 6.80. The highest BCUT2D eigenvalue weighted by atomic mass is 16.5. The average Bonchev–Trinajstić information content (AvgIpc) is 2.71. The summed E-state index contributed by atoms with van der Waals surface area (Å²) < 4.78 is 11.6. The molecule has 0 aromatic heterocycles. The first kappa shape index (κ1) is 16.3. The van der Waals surface area contributed by atoms with E-state index >= 15 is 0 Å². The van der Waals surface area contributed by atoms with E-state index in [0.717, 1.165) is 12.3 Å². The highest BCUT2D eigenvalue weighted by Crippen LogP contribution is 2.42. The van der Waals surface area contributed by atoms with E-state index in [0.29, 0.717) is 12.5 Å². The first-order valence-electron chi connectivity index (χ1n) is 7.92. The minimum atomic E-state index is 0.0805. The summed E-state index contributed by atoms with van der Waals surface area (Å²) in [6, 6.07) is 0. The van der Waals surface area contributed by atoms with Crippen LogP contribution in [0.4, 0.5) is 0 Å². The van der Waals surface area contributed by atoms with Crippen LogP contribution < -0.4 is 5.32 Å². The van der Waals surface area contributed by atoms with Crippen molar-refractivity contribution in [2.45, 2.75) is 39.7 Å². The molecule has 0 amide bonds. The Balaban J connectivity index is 2.19. The summed E-state index contributed by atoms with van der Waals surface area (Å²) in [6.45, 7) is 8.18. The van der Waals surface area contributed by atoms with Gasteiger partial charge >= 0.3 is 0 Å². The van der Waals surface area contributed by atoms with E-state index in [-0.39, 0.29) is 11.5 Å². The molecule has 0 radical (unpaired) electrons. The van der Waals surface area contributed by atoms with Crippen LogP contribution in [0, 0.1) is 11.3 Å². The van der Waals surface area contributed by atoms with Crippen molar-refractivity contribution in [1.29, 1.82) is 0 Å². The molecule has 1 N–H and O–H groups in total. The first-order chi connectivity index (χ1) is 9.96. The molecule has 0 aromatic carbocycles. The SMILES string of the molecule is CNCC(COC1=C2C(=CC(C)(C)C=C1)CCC2C)OC. The maximum atomic E-state index is 6.13. The van der Waals surface area contributed by atoms with E-state index < -0.39 is 0 Å². The van der Waals surface area contributed by atoms with Crippen LogP contribution in [0.1, 0.15) is 33.6 Å². The highest BCUT2D eigenvalue weighted by Gasteiger charge is 2.29. The summed E-state index contributed by atoms with van der Waals surface area (Å²) in [4.78, 5) is 0. The van der Waals surface area contributed by atoms with E-state index in [4.69, 9.17) is 9.47 Å². The smallest absolute Gasteiger partial charge is 0.122 e. The molecular formula is C18H29NO2. The van der Waals surface area contributed by atoms with Crippen LogP contribution in [0.25, 0.3) is 0 Å². The van der Waals surface area contributed by atoms with Crippen molar-refractivity contribution in [1.82, 2.24) is 5.32 Å². The lowest BCUT2D eigenvalue weighted by atomic mass is 9.90. The van der Waals surface area contributed by atoms with Crippen LogP contribution in [0.2, 0.25) is 0 Å². The third-order valence-corrected chi connectivity index (χ3v) is 4.35. The minimum absolute atomic E-state index is 0.0805. The Hall–Kier alpha value is -1.06. The number of fused-ring (bicyclic) bond motifs is 1. The molecule has 2 aliphatic carbocycles. The van der Waals surface area contributed by atoms with E-state index in [1.165, 1.54) is 24.0 Å². The molecule has 1 fully saturated rings. The number of ether oxygens (including phenoxy) is 2. The average molecular weight is 291 g/mol. The van der Waals surface area contributed by atoms with Gasteiger partial charge in [-0.3, -0.25) is 0 Å². The standard InChI is InChI=1S/C18H29NO2/c1-13-6-7-14-10-18(2,3)9-8-16(17(13)14)21-12-15(20-5)11-19-4/h8-10,13,15,19H,6-7,11-12H2,1-5H3. The number of methoxy groups -OCH3 is 1. The van der Waals surface area contributed by atoms with Gasteiger partial charge in [0.05, 0.1) is 0 Å². The molecule has 0 aromatic rings. The fourth-order valence-electron chi connectivity index (χ4n) is 3.14. The van der Waals surface area contributed by atoms with Crippen LogP contribution in [-0.2, 0) is 9.47 Å². The third-order valence-electron chi connectivity index (χ3n) is 4.35.